The molecule has 0 saturated heterocycles. The molecule has 0 fully saturated rings. The van der Waals surface area contributed by atoms with Crippen molar-refractivity contribution in [3.8, 4) is 0 Å². The van der Waals surface area contributed by atoms with Crippen molar-refractivity contribution < 1.29 is 8.78 Å². The van der Waals surface area contributed by atoms with Crippen LogP contribution in [0, 0.1) is 11.6 Å². The smallest absolute Gasteiger partial charge is 0.131 e. The molecule has 0 radical (unpaired) electrons. The molecule has 1 unspecified atom stereocenters. The Morgan fingerprint density at radius 1 is 1.40 bits per heavy atom. The molecule has 1 aliphatic rings. The van der Waals surface area contributed by atoms with Crippen LogP contribution in [0.4, 0.5) is 8.78 Å². The van der Waals surface area contributed by atoms with Crippen LogP contribution in [0.1, 0.15) is 31.0 Å². The van der Waals surface area contributed by atoms with Crippen LogP contribution in [0.5, 0.6) is 0 Å². The molecule has 0 amide bonds. The van der Waals surface area contributed by atoms with Crippen LogP contribution in [0.2, 0.25) is 0 Å². The SMILES string of the molecule is CCN1CCc2cc(F)cc(F)c2C1C. The van der Waals surface area contributed by atoms with Gasteiger partial charge in [0.25, 0.3) is 0 Å². The van der Waals surface area contributed by atoms with Crippen molar-refractivity contribution in [3.63, 3.8) is 0 Å². The molecule has 0 N–H and O–H groups in total. The van der Waals surface area contributed by atoms with Gasteiger partial charge in [0, 0.05) is 24.2 Å². The summed E-state index contributed by atoms with van der Waals surface area (Å²) in [4.78, 5) is 2.20. The Kier molecular flexibility index (Phi) is 2.74. The lowest BCUT2D eigenvalue weighted by molar-refractivity contribution is 0.204. The monoisotopic (exact) mass is 211 g/mol. The number of rotatable bonds is 1. The van der Waals surface area contributed by atoms with E-state index in [9.17, 15) is 8.78 Å². The minimum atomic E-state index is -0.469. The molecule has 3 heteroatoms. The molecule has 0 aliphatic carbocycles. The van der Waals surface area contributed by atoms with E-state index in [1.807, 2.05) is 6.92 Å². The molecule has 1 nitrogen and oxygen atoms in total. The zero-order valence-corrected chi connectivity index (χ0v) is 9.06. The van der Waals surface area contributed by atoms with Gasteiger partial charge in [0.05, 0.1) is 0 Å². The zero-order valence-electron chi connectivity index (χ0n) is 9.06. The van der Waals surface area contributed by atoms with E-state index < -0.39 is 11.6 Å². The van der Waals surface area contributed by atoms with Crippen LogP contribution < -0.4 is 0 Å². The first kappa shape index (κ1) is 10.6. The highest BCUT2D eigenvalue weighted by molar-refractivity contribution is 5.34. The van der Waals surface area contributed by atoms with Gasteiger partial charge >= 0.3 is 0 Å². The molecule has 1 aliphatic heterocycles. The lowest BCUT2D eigenvalue weighted by atomic mass is 9.93. The Hall–Kier alpha value is -0.960. The average molecular weight is 211 g/mol. The highest BCUT2D eigenvalue weighted by Crippen LogP contribution is 2.31. The molecular formula is C12H15F2N. The molecule has 0 bridgehead atoms. The summed E-state index contributed by atoms with van der Waals surface area (Å²) in [5.41, 5.74) is 1.49. The number of nitrogens with zero attached hydrogens (tertiary/aromatic N) is 1. The van der Waals surface area contributed by atoms with Crippen LogP contribution in [0.3, 0.4) is 0 Å². The third-order valence-electron chi connectivity index (χ3n) is 3.22. The fraction of sp³-hybridized carbons (Fsp3) is 0.500. The van der Waals surface area contributed by atoms with Gasteiger partial charge in [-0.05, 0) is 31.5 Å². The third kappa shape index (κ3) is 1.76. The van der Waals surface area contributed by atoms with E-state index in [2.05, 4.69) is 11.8 Å². The Morgan fingerprint density at radius 2 is 2.13 bits per heavy atom. The summed E-state index contributed by atoms with van der Waals surface area (Å²) in [6, 6.07) is 2.50. The van der Waals surface area contributed by atoms with Crippen LogP contribution >= 0.6 is 0 Å². The lowest BCUT2D eigenvalue weighted by Crippen LogP contribution is -2.34. The van der Waals surface area contributed by atoms with Gasteiger partial charge < -0.3 is 0 Å². The second-order valence-corrected chi connectivity index (χ2v) is 4.01. The minimum Gasteiger partial charge on any atom is -0.296 e. The first-order chi connectivity index (χ1) is 7.13. The predicted molar refractivity (Wildman–Crippen MR) is 55.7 cm³/mol. The van der Waals surface area contributed by atoms with Crippen LogP contribution in [0.15, 0.2) is 12.1 Å². The maximum absolute atomic E-state index is 13.6. The topological polar surface area (TPSA) is 3.24 Å². The quantitative estimate of drug-likeness (QED) is 0.690. The summed E-state index contributed by atoms with van der Waals surface area (Å²) in [6.45, 7) is 5.82. The van der Waals surface area contributed by atoms with Crippen LogP contribution in [0.25, 0.3) is 0 Å². The largest absolute Gasteiger partial charge is 0.296 e. The summed E-state index contributed by atoms with van der Waals surface area (Å²) in [5, 5.41) is 0. The molecule has 0 spiro atoms. The summed E-state index contributed by atoms with van der Waals surface area (Å²) < 4.78 is 26.6. The van der Waals surface area contributed by atoms with E-state index in [0.29, 0.717) is 5.56 Å². The number of halogens is 2. The fourth-order valence-corrected chi connectivity index (χ4v) is 2.39. The molecule has 2 rings (SSSR count). The van der Waals surface area contributed by atoms with Crippen LogP contribution in [-0.4, -0.2) is 18.0 Å². The van der Waals surface area contributed by atoms with Crippen LogP contribution in [-0.2, 0) is 6.42 Å². The average Bonchev–Trinajstić information content (AvgIpc) is 2.17. The van der Waals surface area contributed by atoms with E-state index in [1.165, 1.54) is 6.07 Å². The van der Waals surface area contributed by atoms with E-state index >= 15 is 0 Å². The summed E-state index contributed by atoms with van der Waals surface area (Å²) in [5.74, 6) is -0.876. The first-order valence-corrected chi connectivity index (χ1v) is 5.35. The summed E-state index contributed by atoms with van der Waals surface area (Å²) in [7, 11) is 0. The number of hydrogen-bond donors (Lipinski definition) is 0. The number of fused-ring (bicyclic) bond motifs is 1. The standard InChI is InChI=1S/C12H15F2N/c1-3-15-5-4-9-6-10(13)7-11(14)12(9)8(15)2/h6-8H,3-5H2,1-2H3. The lowest BCUT2D eigenvalue weighted by Gasteiger charge is -2.34. The molecule has 1 aromatic carbocycles. The van der Waals surface area contributed by atoms with Crippen molar-refractivity contribution in [2.24, 2.45) is 0 Å². The Bertz CT molecular complexity index is 376. The number of hydrogen-bond acceptors (Lipinski definition) is 1. The second kappa shape index (κ2) is 3.89. The first-order valence-electron chi connectivity index (χ1n) is 5.35. The van der Waals surface area contributed by atoms with E-state index in [4.69, 9.17) is 0 Å². The fourth-order valence-electron chi connectivity index (χ4n) is 2.39. The maximum Gasteiger partial charge on any atom is 0.131 e. The van der Waals surface area contributed by atoms with Crippen molar-refractivity contribution in [3.05, 3.63) is 34.9 Å². The molecular weight excluding hydrogens is 196 g/mol. The summed E-state index contributed by atoms with van der Waals surface area (Å²) in [6.07, 6.45) is 0.738. The highest BCUT2D eigenvalue weighted by atomic mass is 19.1. The van der Waals surface area contributed by atoms with Gasteiger partial charge in [-0.2, -0.15) is 0 Å². The maximum atomic E-state index is 13.6. The van der Waals surface area contributed by atoms with Gasteiger partial charge in [-0.25, -0.2) is 8.78 Å². The van der Waals surface area contributed by atoms with E-state index in [-0.39, 0.29) is 6.04 Å². The van der Waals surface area contributed by atoms with Gasteiger partial charge in [0.15, 0.2) is 0 Å². The van der Waals surface area contributed by atoms with Gasteiger partial charge in [-0.3, -0.25) is 4.90 Å². The predicted octanol–water partition coefficient (Wildman–Crippen LogP) is 2.90. The van der Waals surface area contributed by atoms with Crippen molar-refractivity contribution in [1.29, 1.82) is 0 Å². The normalized spacial score (nSPS) is 21.5. The van der Waals surface area contributed by atoms with Gasteiger partial charge in [-0.1, -0.05) is 6.92 Å². The molecule has 1 heterocycles. The molecule has 1 aromatic rings. The highest BCUT2D eigenvalue weighted by Gasteiger charge is 2.26. The second-order valence-electron chi connectivity index (χ2n) is 4.01. The Labute approximate surface area is 88.7 Å². The number of benzene rings is 1. The Balaban J connectivity index is 2.47. The van der Waals surface area contributed by atoms with Crippen molar-refractivity contribution in [2.45, 2.75) is 26.3 Å². The molecule has 15 heavy (non-hydrogen) atoms. The van der Waals surface area contributed by atoms with Crippen molar-refractivity contribution in [1.82, 2.24) is 4.90 Å². The zero-order chi connectivity index (χ0) is 11.0. The van der Waals surface area contributed by atoms with Crippen molar-refractivity contribution in [2.75, 3.05) is 13.1 Å². The van der Waals surface area contributed by atoms with Gasteiger partial charge in [0.2, 0.25) is 0 Å². The van der Waals surface area contributed by atoms with E-state index in [1.54, 1.807) is 0 Å². The molecule has 82 valence electrons. The molecule has 0 saturated carbocycles. The minimum absolute atomic E-state index is 0.0550. The molecule has 1 atom stereocenters. The molecule has 0 aromatic heterocycles. The van der Waals surface area contributed by atoms with E-state index in [0.717, 1.165) is 31.1 Å². The summed E-state index contributed by atoms with van der Waals surface area (Å²) >= 11 is 0. The van der Waals surface area contributed by atoms with Crippen molar-refractivity contribution >= 4 is 0 Å². The van der Waals surface area contributed by atoms with Gasteiger partial charge in [0.1, 0.15) is 11.6 Å². The van der Waals surface area contributed by atoms with Gasteiger partial charge in [-0.15, -0.1) is 0 Å². The Morgan fingerprint density at radius 3 is 2.80 bits per heavy atom. The third-order valence-corrected chi connectivity index (χ3v) is 3.22. The number of likely N-dealkylation sites (N-methyl/N-ethyl adjacent to an activating group) is 1.